The number of nitrogens with zero attached hydrogens (tertiary/aromatic N) is 1. The largest absolute Gasteiger partial charge is 0.450 e. The van der Waals surface area contributed by atoms with Gasteiger partial charge in [0.1, 0.15) is 5.75 Å². The Kier molecular flexibility index (Phi) is 7.47. The lowest BCUT2D eigenvalue weighted by Crippen LogP contribution is -2.28. The Labute approximate surface area is 158 Å². The number of carbonyl (C=O) groups is 2. The summed E-state index contributed by atoms with van der Waals surface area (Å²) < 4.78 is 33.4. The number of alkyl carbamates (subject to hydrolysis) is 1. The van der Waals surface area contributed by atoms with Crippen LogP contribution in [0.2, 0.25) is 0 Å². The third-order valence-corrected chi connectivity index (χ3v) is 4.18. The molecular formula is C17H19F2N3O4S. The molecule has 1 aromatic heterocycles. The van der Waals surface area contributed by atoms with Gasteiger partial charge in [-0.15, -0.1) is 11.3 Å². The molecular weight excluding hydrogens is 380 g/mol. The molecule has 0 saturated carbocycles. The van der Waals surface area contributed by atoms with Crippen molar-refractivity contribution in [2.45, 2.75) is 26.9 Å². The van der Waals surface area contributed by atoms with Crippen molar-refractivity contribution >= 4 is 28.5 Å². The summed E-state index contributed by atoms with van der Waals surface area (Å²) in [6, 6.07) is 6.10. The van der Waals surface area contributed by atoms with E-state index >= 15 is 0 Å². The van der Waals surface area contributed by atoms with Crippen molar-refractivity contribution < 1.29 is 27.8 Å². The highest BCUT2D eigenvalue weighted by atomic mass is 32.1. The average molecular weight is 399 g/mol. The Morgan fingerprint density at radius 1 is 1.26 bits per heavy atom. The lowest BCUT2D eigenvalue weighted by Gasteiger charge is -2.05. The minimum absolute atomic E-state index is 0.0595. The summed E-state index contributed by atoms with van der Waals surface area (Å²) in [6.45, 7) is 1.06. The fourth-order valence-electron chi connectivity index (χ4n) is 2.15. The molecule has 146 valence electrons. The third-order valence-electron chi connectivity index (χ3n) is 3.29. The molecule has 0 radical (unpaired) electrons. The minimum Gasteiger partial charge on any atom is -0.450 e. The van der Waals surface area contributed by atoms with Gasteiger partial charge < -0.3 is 20.1 Å². The lowest BCUT2D eigenvalue weighted by molar-refractivity contribution is -0.116. The van der Waals surface area contributed by atoms with Crippen LogP contribution >= 0.6 is 11.3 Å². The van der Waals surface area contributed by atoms with Gasteiger partial charge in [0.05, 0.1) is 12.3 Å². The molecule has 7 nitrogen and oxygen atoms in total. The zero-order valence-corrected chi connectivity index (χ0v) is 15.6. The van der Waals surface area contributed by atoms with Gasteiger partial charge in [-0.1, -0.05) is 0 Å². The number of carbonyl (C=O) groups excluding carboxylic acids is 2. The van der Waals surface area contributed by atoms with Crippen LogP contribution in [0.5, 0.6) is 5.75 Å². The summed E-state index contributed by atoms with van der Waals surface area (Å²) in [5.41, 5.74) is 1.36. The van der Waals surface area contributed by atoms with Gasteiger partial charge >= 0.3 is 12.7 Å². The second kappa shape index (κ2) is 9.81. The van der Waals surface area contributed by atoms with Crippen molar-refractivity contribution in [2.24, 2.45) is 0 Å². The van der Waals surface area contributed by atoms with Crippen LogP contribution in [0.3, 0.4) is 0 Å². The number of ether oxygens (including phenoxy) is 2. The number of aromatic nitrogens is 1. The number of halogens is 2. The predicted molar refractivity (Wildman–Crippen MR) is 97.2 cm³/mol. The van der Waals surface area contributed by atoms with Gasteiger partial charge in [0.15, 0.2) is 5.13 Å². The number of hydrogen-bond acceptors (Lipinski definition) is 6. The molecule has 0 bridgehead atoms. The Hall–Kier alpha value is -2.75. The number of anilines is 1. The number of rotatable bonds is 8. The molecule has 0 saturated heterocycles. The van der Waals surface area contributed by atoms with E-state index in [1.165, 1.54) is 23.5 Å². The molecule has 2 N–H and O–H groups in total. The van der Waals surface area contributed by atoms with Gasteiger partial charge in [0, 0.05) is 23.4 Å². The Balaban J connectivity index is 1.93. The number of nitrogens with one attached hydrogen (secondary N) is 2. The first-order chi connectivity index (χ1) is 12.9. The lowest BCUT2D eigenvalue weighted by atomic mass is 10.1. The molecule has 10 heteroatoms. The van der Waals surface area contributed by atoms with Crippen molar-refractivity contribution in [3.8, 4) is 17.0 Å². The van der Waals surface area contributed by atoms with Crippen molar-refractivity contribution in [1.82, 2.24) is 10.3 Å². The highest BCUT2D eigenvalue weighted by Crippen LogP contribution is 2.31. The van der Waals surface area contributed by atoms with Crippen molar-refractivity contribution in [1.29, 1.82) is 0 Å². The number of amides is 2. The summed E-state index contributed by atoms with van der Waals surface area (Å²) >= 11 is 1.29. The van der Waals surface area contributed by atoms with Gasteiger partial charge in [0.25, 0.3) is 0 Å². The van der Waals surface area contributed by atoms with Crippen LogP contribution in [0.4, 0.5) is 18.7 Å². The molecule has 0 aliphatic heterocycles. The first-order valence-electron chi connectivity index (χ1n) is 8.12. The smallest absolute Gasteiger partial charge is 0.407 e. The number of thiazole rings is 1. The van der Waals surface area contributed by atoms with E-state index in [1.807, 2.05) is 6.92 Å². The quantitative estimate of drug-likeness (QED) is 0.705. The monoisotopic (exact) mass is 399 g/mol. The van der Waals surface area contributed by atoms with E-state index in [1.54, 1.807) is 19.1 Å². The Morgan fingerprint density at radius 3 is 2.59 bits per heavy atom. The second-order valence-corrected chi connectivity index (χ2v) is 6.48. The minimum atomic E-state index is -2.88. The van der Waals surface area contributed by atoms with Gasteiger partial charge in [-0.2, -0.15) is 8.78 Å². The van der Waals surface area contributed by atoms with E-state index in [0.717, 1.165) is 10.4 Å². The van der Waals surface area contributed by atoms with Gasteiger partial charge in [-0.05, 0) is 38.1 Å². The highest BCUT2D eigenvalue weighted by Gasteiger charge is 2.13. The zero-order chi connectivity index (χ0) is 19.8. The first-order valence-corrected chi connectivity index (χ1v) is 8.93. The molecule has 0 fully saturated rings. The number of alkyl halides is 2. The number of benzene rings is 1. The second-order valence-electron chi connectivity index (χ2n) is 5.27. The predicted octanol–water partition coefficient (Wildman–Crippen LogP) is 3.79. The first kappa shape index (κ1) is 20.6. The molecule has 2 rings (SSSR count). The molecule has 0 spiro atoms. The van der Waals surface area contributed by atoms with Crippen molar-refractivity contribution in [3.05, 3.63) is 29.1 Å². The molecule has 1 aromatic carbocycles. The molecule has 0 unspecified atom stereocenters. The fourth-order valence-corrected chi connectivity index (χ4v) is 3.01. The van der Waals surface area contributed by atoms with E-state index in [-0.39, 0.29) is 31.2 Å². The molecule has 1 heterocycles. The summed E-state index contributed by atoms with van der Waals surface area (Å²) in [6.07, 6.45) is -0.496. The average Bonchev–Trinajstić information content (AvgIpc) is 2.95. The summed E-state index contributed by atoms with van der Waals surface area (Å²) in [5.74, 6) is -0.239. The normalized spacial score (nSPS) is 10.6. The van der Waals surface area contributed by atoms with E-state index in [0.29, 0.717) is 10.8 Å². The molecule has 0 aliphatic rings. The standard InChI is InChI=1S/C17H19F2N3O4S/c1-3-25-17(24)20-9-8-13(23)21-16-22-14(10(2)27-16)11-4-6-12(7-5-11)26-15(18)19/h4-7,15H,3,8-9H2,1-2H3,(H,20,24)(H,21,22,23). The van der Waals surface area contributed by atoms with E-state index in [4.69, 9.17) is 4.74 Å². The summed E-state index contributed by atoms with van der Waals surface area (Å²) in [5, 5.41) is 5.54. The van der Waals surface area contributed by atoms with E-state index in [2.05, 4.69) is 20.4 Å². The maximum absolute atomic E-state index is 12.2. The highest BCUT2D eigenvalue weighted by molar-refractivity contribution is 7.16. The SMILES string of the molecule is CCOC(=O)NCCC(=O)Nc1nc(-c2ccc(OC(F)F)cc2)c(C)s1. The van der Waals surface area contributed by atoms with Gasteiger partial charge in [-0.3, -0.25) is 4.79 Å². The van der Waals surface area contributed by atoms with Crippen LogP contribution < -0.4 is 15.4 Å². The van der Waals surface area contributed by atoms with Gasteiger partial charge in [0.2, 0.25) is 5.91 Å². The summed E-state index contributed by atoms with van der Waals surface area (Å²) in [7, 11) is 0. The van der Waals surface area contributed by atoms with Crippen LogP contribution in [0.15, 0.2) is 24.3 Å². The summed E-state index contributed by atoms with van der Waals surface area (Å²) in [4.78, 5) is 28.3. The van der Waals surface area contributed by atoms with Crippen LogP contribution in [0.1, 0.15) is 18.2 Å². The third kappa shape index (κ3) is 6.48. The van der Waals surface area contributed by atoms with Crippen LogP contribution in [0.25, 0.3) is 11.3 Å². The number of hydrogen-bond donors (Lipinski definition) is 2. The Morgan fingerprint density at radius 2 is 1.96 bits per heavy atom. The molecule has 2 aromatic rings. The molecule has 2 amide bonds. The van der Waals surface area contributed by atoms with Crippen molar-refractivity contribution in [2.75, 3.05) is 18.5 Å². The molecule has 0 aliphatic carbocycles. The van der Waals surface area contributed by atoms with Crippen molar-refractivity contribution in [3.63, 3.8) is 0 Å². The number of aryl methyl sites for hydroxylation is 1. The zero-order valence-electron chi connectivity index (χ0n) is 14.8. The van der Waals surface area contributed by atoms with E-state index < -0.39 is 12.7 Å². The fraction of sp³-hybridized carbons (Fsp3) is 0.353. The molecule has 0 atom stereocenters. The topological polar surface area (TPSA) is 89.5 Å². The Bertz CT molecular complexity index is 781. The van der Waals surface area contributed by atoms with Crippen LogP contribution in [-0.4, -0.2) is 36.7 Å². The van der Waals surface area contributed by atoms with Crippen LogP contribution in [-0.2, 0) is 9.53 Å². The van der Waals surface area contributed by atoms with Crippen LogP contribution in [0, 0.1) is 6.92 Å². The maximum atomic E-state index is 12.2. The van der Waals surface area contributed by atoms with Gasteiger partial charge in [-0.25, -0.2) is 9.78 Å². The van der Waals surface area contributed by atoms with E-state index in [9.17, 15) is 18.4 Å². The maximum Gasteiger partial charge on any atom is 0.407 e. The molecule has 27 heavy (non-hydrogen) atoms.